The number of carbonyl (C=O) groups is 1. The summed E-state index contributed by atoms with van der Waals surface area (Å²) in [5.74, 6) is -1.20. The first-order chi connectivity index (χ1) is 17.3. The Balaban J connectivity index is 0.000000286. The number of amides is 1. The molecule has 0 spiro atoms. The van der Waals surface area contributed by atoms with Crippen LogP contribution in [-0.2, 0) is 6.54 Å². The monoisotopic (exact) mass is 515 g/mol. The molecule has 1 amide bonds. The van der Waals surface area contributed by atoms with E-state index in [4.69, 9.17) is 0 Å². The molecule has 0 saturated carbocycles. The molecule has 4 aromatic rings. The van der Waals surface area contributed by atoms with E-state index in [1.807, 2.05) is 11.2 Å². The number of alkyl halides is 1. The molecule has 2 aromatic carbocycles. The minimum Gasteiger partial charge on any atom is -0.505 e. The zero-order valence-electron chi connectivity index (χ0n) is 19.4. The highest BCUT2D eigenvalue weighted by atomic mass is 32.2. The topological polar surface area (TPSA) is 82.8 Å². The Morgan fingerprint density at radius 2 is 1.94 bits per heavy atom. The third-order valence-electron chi connectivity index (χ3n) is 5.55. The Hall–Kier alpha value is -3.73. The van der Waals surface area contributed by atoms with E-state index in [9.17, 15) is 23.1 Å². The molecule has 0 aliphatic carbocycles. The molecule has 0 radical (unpaired) electrons. The van der Waals surface area contributed by atoms with E-state index in [2.05, 4.69) is 15.4 Å². The van der Waals surface area contributed by atoms with Crippen LogP contribution in [0.25, 0.3) is 5.65 Å². The van der Waals surface area contributed by atoms with Gasteiger partial charge in [-0.15, -0.1) is 16.9 Å². The summed E-state index contributed by atoms with van der Waals surface area (Å²) in [6.07, 6.45) is 2.96. The lowest BCUT2D eigenvalue weighted by Gasteiger charge is -2.16. The molecule has 0 bridgehead atoms. The van der Waals surface area contributed by atoms with Crippen LogP contribution in [0.1, 0.15) is 22.5 Å². The normalized spacial score (nSPS) is 15.0. The molecule has 1 aliphatic rings. The number of anilines is 1. The van der Waals surface area contributed by atoms with Crippen LogP contribution >= 0.6 is 11.8 Å². The molecular formula is C25H24F3N5O2S. The number of benzene rings is 2. The Kier molecular flexibility index (Phi) is 7.99. The van der Waals surface area contributed by atoms with Gasteiger partial charge in [0, 0.05) is 18.0 Å². The van der Waals surface area contributed by atoms with Gasteiger partial charge >= 0.3 is 0 Å². The molecule has 11 heteroatoms. The van der Waals surface area contributed by atoms with E-state index in [1.165, 1.54) is 35.0 Å². The predicted molar refractivity (Wildman–Crippen MR) is 132 cm³/mol. The molecule has 3 heterocycles. The first-order valence-corrected chi connectivity index (χ1v) is 12.4. The van der Waals surface area contributed by atoms with E-state index >= 15 is 0 Å². The van der Waals surface area contributed by atoms with Gasteiger partial charge in [-0.25, -0.2) is 22.7 Å². The maximum absolute atomic E-state index is 13.4. The summed E-state index contributed by atoms with van der Waals surface area (Å²) >= 11 is 1.61. The van der Waals surface area contributed by atoms with Crippen molar-refractivity contribution in [1.82, 2.24) is 19.9 Å². The van der Waals surface area contributed by atoms with Crippen molar-refractivity contribution in [3.8, 4) is 5.75 Å². The molecule has 1 unspecified atom stereocenters. The maximum atomic E-state index is 13.4. The number of fused-ring (bicyclic) bond motifs is 1. The highest BCUT2D eigenvalue weighted by Crippen LogP contribution is 2.21. The summed E-state index contributed by atoms with van der Waals surface area (Å²) in [7, 11) is 0. The molecule has 5 rings (SSSR count). The van der Waals surface area contributed by atoms with Crippen LogP contribution in [0.4, 0.5) is 19.0 Å². The minimum atomic E-state index is -0.875. The average Bonchev–Trinajstić information content (AvgIpc) is 3.51. The second kappa shape index (κ2) is 11.3. The highest BCUT2D eigenvalue weighted by molar-refractivity contribution is 7.98. The van der Waals surface area contributed by atoms with E-state index in [0.717, 1.165) is 11.0 Å². The Labute approximate surface area is 210 Å². The lowest BCUT2D eigenvalue weighted by Crippen LogP contribution is -2.26. The van der Waals surface area contributed by atoms with Crippen molar-refractivity contribution in [2.45, 2.75) is 24.0 Å². The average molecular weight is 516 g/mol. The van der Waals surface area contributed by atoms with Gasteiger partial charge in [0.2, 0.25) is 0 Å². The van der Waals surface area contributed by atoms with Crippen LogP contribution in [0, 0.1) is 11.6 Å². The van der Waals surface area contributed by atoms with Gasteiger partial charge in [-0.1, -0.05) is 6.07 Å². The predicted octanol–water partition coefficient (Wildman–Crippen LogP) is 4.60. The minimum absolute atomic E-state index is 0.106. The Morgan fingerprint density at radius 3 is 2.61 bits per heavy atom. The zero-order chi connectivity index (χ0) is 25.7. The van der Waals surface area contributed by atoms with Crippen LogP contribution in [-0.4, -0.2) is 51.1 Å². The largest absolute Gasteiger partial charge is 0.505 e. The fourth-order valence-corrected chi connectivity index (χ4v) is 4.03. The Bertz CT molecular complexity index is 1350. The zero-order valence-corrected chi connectivity index (χ0v) is 20.2. The van der Waals surface area contributed by atoms with Crippen molar-refractivity contribution >= 4 is 29.1 Å². The van der Waals surface area contributed by atoms with Gasteiger partial charge in [-0.05, 0) is 66.8 Å². The smallest absolute Gasteiger partial charge is 0.271 e. The number of aromatic hydroxyl groups is 1. The lowest BCUT2D eigenvalue weighted by atomic mass is 10.2. The van der Waals surface area contributed by atoms with Crippen molar-refractivity contribution in [3.63, 3.8) is 0 Å². The van der Waals surface area contributed by atoms with Gasteiger partial charge in [-0.3, -0.25) is 4.79 Å². The molecule has 1 saturated heterocycles. The van der Waals surface area contributed by atoms with Crippen LogP contribution in [0.2, 0.25) is 0 Å². The second-order valence-corrected chi connectivity index (χ2v) is 8.94. The summed E-state index contributed by atoms with van der Waals surface area (Å²) in [5, 5.41) is 16.5. The number of nitrogens with zero attached hydrogens (tertiary/aromatic N) is 4. The third-order valence-corrected chi connectivity index (χ3v) is 6.29. The number of thioether (sulfide) groups is 1. The summed E-state index contributed by atoms with van der Waals surface area (Å²) in [6.45, 7) is 0.960. The van der Waals surface area contributed by atoms with Crippen molar-refractivity contribution < 1.29 is 23.1 Å². The summed E-state index contributed by atoms with van der Waals surface area (Å²) < 4.78 is 40.2. The number of aromatic nitrogens is 3. The SMILES string of the molecule is CSc1ccc(F)cc1.O=C(NCc1ccc(F)c(O)c1)c1cnc2ccc(N3CCC(F)C3)nn12. The number of imidazole rings is 1. The molecule has 2 aromatic heterocycles. The molecule has 1 aliphatic heterocycles. The first kappa shape index (κ1) is 25.4. The fraction of sp³-hybridized carbons (Fsp3) is 0.240. The fourth-order valence-electron chi connectivity index (χ4n) is 3.62. The molecular weight excluding hydrogens is 491 g/mol. The van der Waals surface area contributed by atoms with E-state index < -0.39 is 23.6 Å². The molecule has 7 nitrogen and oxygen atoms in total. The molecule has 1 atom stereocenters. The number of carbonyl (C=O) groups excluding carboxylic acids is 1. The van der Waals surface area contributed by atoms with Crippen LogP contribution < -0.4 is 10.2 Å². The van der Waals surface area contributed by atoms with E-state index in [1.54, 1.807) is 36.0 Å². The van der Waals surface area contributed by atoms with E-state index in [-0.39, 0.29) is 24.6 Å². The first-order valence-electron chi connectivity index (χ1n) is 11.1. The quantitative estimate of drug-likeness (QED) is 0.378. The van der Waals surface area contributed by atoms with Crippen molar-refractivity contribution in [2.75, 3.05) is 24.2 Å². The number of phenols is 1. The van der Waals surface area contributed by atoms with Gasteiger partial charge in [-0.2, -0.15) is 0 Å². The van der Waals surface area contributed by atoms with Crippen molar-refractivity contribution in [1.29, 1.82) is 0 Å². The number of rotatable bonds is 5. The van der Waals surface area contributed by atoms with Crippen molar-refractivity contribution in [2.24, 2.45) is 0 Å². The van der Waals surface area contributed by atoms with Gasteiger partial charge in [0.15, 0.2) is 22.9 Å². The van der Waals surface area contributed by atoms with Crippen molar-refractivity contribution in [3.05, 3.63) is 83.7 Å². The molecule has 2 N–H and O–H groups in total. The molecule has 36 heavy (non-hydrogen) atoms. The van der Waals surface area contributed by atoms with Gasteiger partial charge in [0.25, 0.3) is 5.91 Å². The number of phenolic OH excluding ortho intramolecular Hbond substituents is 1. The number of hydrogen-bond acceptors (Lipinski definition) is 6. The summed E-state index contributed by atoms with van der Waals surface area (Å²) in [4.78, 5) is 19.6. The third kappa shape index (κ3) is 6.09. The Morgan fingerprint density at radius 1 is 1.17 bits per heavy atom. The number of nitrogens with one attached hydrogen (secondary N) is 1. The standard InChI is InChI=1S/C18H17F2N5O2.C7H7FS/c19-12-5-6-24(10-12)17-4-3-16-21-9-14(25(16)23-17)18(27)22-8-11-1-2-13(20)15(26)7-11;1-9-7-4-2-6(8)3-5-7/h1-4,7,9,12,26H,5-6,8,10H2,(H,22,27);2-5H,1H3. The summed E-state index contributed by atoms with van der Waals surface area (Å²) in [6, 6.07) is 13.8. The molecule has 1 fully saturated rings. The maximum Gasteiger partial charge on any atom is 0.271 e. The van der Waals surface area contributed by atoms with Gasteiger partial charge < -0.3 is 15.3 Å². The van der Waals surface area contributed by atoms with Crippen LogP contribution in [0.3, 0.4) is 0 Å². The van der Waals surface area contributed by atoms with E-state index in [0.29, 0.717) is 30.0 Å². The highest BCUT2D eigenvalue weighted by Gasteiger charge is 2.24. The van der Waals surface area contributed by atoms with Crippen LogP contribution in [0.15, 0.2) is 65.7 Å². The van der Waals surface area contributed by atoms with Gasteiger partial charge in [0.05, 0.1) is 12.7 Å². The lowest BCUT2D eigenvalue weighted by molar-refractivity contribution is 0.0944. The van der Waals surface area contributed by atoms with Crippen LogP contribution in [0.5, 0.6) is 5.75 Å². The van der Waals surface area contributed by atoms with Gasteiger partial charge in [0.1, 0.15) is 17.8 Å². The molecule has 188 valence electrons. The summed E-state index contributed by atoms with van der Waals surface area (Å²) in [5.41, 5.74) is 1.28. The second-order valence-electron chi connectivity index (χ2n) is 8.06. The number of hydrogen-bond donors (Lipinski definition) is 2. The number of halogens is 3.